The summed E-state index contributed by atoms with van der Waals surface area (Å²) < 4.78 is 5.69. The Bertz CT molecular complexity index is 887. The highest BCUT2D eigenvalue weighted by Gasteiger charge is 2.10. The maximum atomic E-state index is 9.73. The van der Waals surface area contributed by atoms with Gasteiger partial charge in [-0.25, -0.2) is 4.99 Å². The van der Waals surface area contributed by atoms with Crippen molar-refractivity contribution in [2.24, 2.45) is 4.99 Å². The van der Waals surface area contributed by atoms with Crippen LogP contribution in [0.5, 0.6) is 5.75 Å². The topological polar surface area (TPSA) is 45.7 Å². The highest BCUT2D eigenvalue weighted by molar-refractivity contribution is 6.43. The summed E-state index contributed by atoms with van der Waals surface area (Å²) >= 11 is 18.1. The van der Waals surface area contributed by atoms with E-state index in [1.54, 1.807) is 36.4 Å². The molecular formula is C17H10Cl3NO2. The first-order valence-electron chi connectivity index (χ1n) is 6.61. The van der Waals surface area contributed by atoms with Gasteiger partial charge in [0.05, 0.1) is 16.3 Å². The Morgan fingerprint density at radius 3 is 2.65 bits per heavy atom. The molecule has 0 aliphatic heterocycles. The summed E-state index contributed by atoms with van der Waals surface area (Å²) in [5, 5.41) is 11.1. The van der Waals surface area contributed by atoms with Gasteiger partial charge >= 0.3 is 0 Å². The second-order valence-corrected chi connectivity index (χ2v) is 5.92. The monoisotopic (exact) mass is 365 g/mol. The smallest absolute Gasteiger partial charge is 0.145 e. The molecule has 3 aromatic rings. The van der Waals surface area contributed by atoms with Crippen molar-refractivity contribution in [3.8, 4) is 17.1 Å². The van der Waals surface area contributed by atoms with E-state index in [1.165, 1.54) is 12.3 Å². The molecule has 23 heavy (non-hydrogen) atoms. The van der Waals surface area contributed by atoms with Gasteiger partial charge in [0.2, 0.25) is 0 Å². The summed E-state index contributed by atoms with van der Waals surface area (Å²) in [7, 11) is 0. The minimum atomic E-state index is 0.0373. The molecule has 3 nitrogen and oxygen atoms in total. The summed E-state index contributed by atoms with van der Waals surface area (Å²) in [6, 6.07) is 13.5. The van der Waals surface area contributed by atoms with Crippen LogP contribution in [-0.4, -0.2) is 11.3 Å². The molecule has 0 spiro atoms. The number of nitrogens with zero attached hydrogens (tertiary/aromatic N) is 1. The number of phenols is 1. The van der Waals surface area contributed by atoms with Crippen LogP contribution in [0.15, 0.2) is 57.9 Å². The van der Waals surface area contributed by atoms with Gasteiger partial charge in [-0.1, -0.05) is 40.9 Å². The second-order valence-electron chi connectivity index (χ2n) is 4.69. The van der Waals surface area contributed by atoms with Gasteiger partial charge in [-0.15, -0.1) is 0 Å². The Morgan fingerprint density at radius 1 is 1.00 bits per heavy atom. The molecule has 0 saturated carbocycles. The zero-order valence-electron chi connectivity index (χ0n) is 11.6. The van der Waals surface area contributed by atoms with E-state index in [0.717, 1.165) is 0 Å². The molecule has 0 unspecified atom stereocenters. The van der Waals surface area contributed by atoms with Crippen LogP contribution in [0.3, 0.4) is 0 Å². The van der Waals surface area contributed by atoms with Gasteiger partial charge in [-0.3, -0.25) is 0 Å². The number of hydrogen-bond donors (Lipinski definition) is 1. The van der Waals surface area contributed by atoms with Gasteiger partial charge in [0, 0.05) is 10.6 Å². The number of phenolic OH excluding ortho intramolecular Hbond substituents is 1. The van der Waals surface area contributed by atoms with Gasteiger partial charge in [0.1, 0.15) is 23.0 Å². The molecule has 1 aromatic heterocycles. The first-order valence-corrected chi connectivity index (χ1v) is 7.75. The van der Waals surface area contributed by atoms with E-state index >= 15 is 0 Å². The number of halogens is 3. The Balaban J connectivity index is 1.89. The quantitative estimate of drug-likeness (QED) is 0.548. The van der Waals surface area contributed by atoms with Gasteiger partial charge in [-0.2, -0.15) is 0 Å². The van der Waals surface area contributed by atoms with Crippen molar-refractivity contribution in [2.75, 3.05) is 0 Å². The van der Waals surface area contributed by atoms with E-state index < -0.39 is 0 Å². The van der Waals surface area contributed by atoms with Crippen molar-refractivity contribution in [2.45, 2.75) is 0 Å². The SMILES string of the molecule is Oc1ccc(Cl)cc1N=Cc1ccc(-c2cccc(Cl)c2Cl)o1. The Labute approximate surface area is 147 Å². The van der Waals surface area contributed by atoms with Crippen molar-refractivity contribution >= 4 is 46.7 Å². The predicted octanol–water partition coefficient (Wildman–Crippen LogP) is 6.36. The number of benzene rings is 2. The number of furan rings is 1. The van der Waals surface area contributed by atoms with Crippen LogP contribution in [0.25, 0.3) is 11.3 Å². The Morgan fingerprint density at radius 2 is 1.83 bits per heavy atom. The molecule has 0 aliphatic rings. The summed E-state index contributed by atoms with van der Waals surface area (Å²) in [5.74, 6) is 1.12. The molecule has 0 amide bonds. The van der Waals surface area contributed by atoms with Crippen LogP contribution in [0, 0.1) is 0 Å². The molecule has 1 N–H and O–H groups in total. The average Bonchev–Trinajstić information content (AvgIpc) is 2.99. The van der Waals surface area contributed by atoms with Crippen LogP contribution in [0.4, 0.5) is 5.69 Å². The first kappa shape index (κ1) is 15.9. The molecule has 0 bridgehead atoms. The third-order valence-corrected chi connectivity index (χ3v) is 4.17. The predicted molar refractivity (Wildman–Crippen MR) is 94.5 cm³/mol. The van der Waals surface area contributed by atoms with Crippen molar-refractivity contribution in [1.82, 2.24) is 0 Å². The Kier molecular flexibility index (Phi) is 4.62. The molecule has 0 saturated heterocycles. The maximum absolute atomic E-state index is 9.73. The van der Waals surface area contributed by atoms with Crippen LogP contribution >= 0.6 is 34.8 Å². The largest absolute Gasteiger partial charge is 0.506 e. The lowest BCUT2D eigenvalue weighted by Gasteiger charge is -2.02. The maximum Gasteiger partial charge on any atom is 0.145 e. The molecule has 2 aromatic carbocycles. The molecule has 0 aliphatic carbocycles. The number of aromatic hydroxyl groups is 1. The minimum Gasteiger partial charge on any atom is -0.506 e. The molecule has 6 heteroatoms. The van der Waals surface area contributed by atoms with Crippen molar-refractivity contribution in [1.29, 1.82) is 0 Å². The van der Waals surface area contributed by atoms with Crippen molar-refractivity contribution in [3.05, 3.63) is 69.4 Å². The molecular weight excluding hydrogens is 357 g/mol. The zero-order valence-corrected chi connectivity index (χ0v) is 13.9. The highest BCUT2D eigenvalue weighted by Crippen LogP contribution is 2.34. The lowest BCUT2D eigenvalue weighted by molar-refractivity contribution is 0.477. The van der Waals surface area contributed by atoms with E-state index in [1.807, 2.05) is 6.07 Å². The van der Waals surface area contributed by atoms with E-state index in [0.29, 0.717) is 37.8 Å². The summed E-state index contributed by atoms with van der Waals surface area (Å²) in [6.07, 6.45) is 1.49. The minimum absolute atomic E-state index is 0.0373. The summed E-state index contributed by atoms with van der Waals surface area (Å²) in [6.45, 7) is 0. The molecule has 3 rings (SSSR count). The fraction of sp³-hybridized carbons (Fsp3) is 0. The fourth-order valence-corrected chi connectivity index (χ4v) is 2.55. The van der Waals surface area contributed by atoms with E-state index in [2.05, 4.69) is 4.99 Å². The second kappa shape index (κ2) is 6.67. The number of hydrogen-bond acceptors (Lipinski definition) is 3. The highest BCUT2D eigenvalue weighted by atomic mass is 35.5. The number of rotatable bonds is 3. The third kappa shape index (κ3) is 3.53. The molecule has 0 radical (unpaired) electrons. The van der Waals surface area contributed by atoms with E-state index in [4.69, 9.17) is 39.2 Å². The van der Waals surface area contributed by atoms with Crippen LogP contribution < -0.4 is 0 Å². The van der Waals surface area contributed by atoms with Crippen molar-refractivity contribution in [3.63, 3.8) is 0 Å². The molecule has 1 heterocycles. The normalized spacial score (nSPS) is 11.3. The summed E-state index contributed by atoms with van der Waals surface area (Å²) in [5.41, 5.74) is 1.06. The van der Waals surface area contributed by atoms with Gasteiger partial charge in [0.25, 0.3) is 0 Å². The third-order valence-electron chi connectivity index (χ3n) is 3.11. The van der Waals surface area contributed by atoms with Crippen molar-refractivity contribution < 1.29 is 9.52 Å². The van der Waals surface area contributed by atoms with Gasteiger partial charge in [0.15, 0.2) is 0 Å². The summed E-state index contributed by atoms with van der Waals surface area (Å²) in [4.78, 5) is 4.17. The first-order chi connectivity index (χ1) is 11.0. The van der Waals surface area contributed by atoms with E-state index in [9.17, 15) is 5.11 Å². The zero-order chi connectivity index (χ0) is 16.4. The van der Waals surface area contributed by atoms with Gasteiger partial charge in [-0.05, 0) is 42.5 Å². The van der Waals surface area contributed by atoms with Crippen LogP contribution in [-0.2, 0) is 0 Å². The fourth-order valence-electron chi connectivity index (χ4n) is 1.99. The molecule has 0 atom stereocenters. The van der Waals surface area contributed by atoms with Gasteiger partial charge < -0.3 is 9.52 Å². The molecule has 0 fully saturated rings. The Hall–Kier alpha value is -1.94. The van der Waals surface area contributed by atoms with Crippen LogP contribution in [0.1, 0.15) is 5.76 Å². The lowest BCUT2D eigenvalue weighted by atomic mass is 10.2. The molecule has 116 valence electrons. The lowest BCUT2D eigenvalue weighted by Crippen LogP contribution is -1.78. The standard InChI is InChI=1S/C17H10Cl3NO2/c18-10-4-6-15(22)14(8-10)21-9-11-5-7-16(23-11)12-2-1-3-13(19)17(12)20/h1-9,22H. The van der Waals surface area contributed by atoms with Crippen LogP contribution in [0.2, 0.25) is 15.1 Å². The average molecular weight is 367 g/mol. The van der Waals surface area contributed by atoms with E-state index in [-0.39, 0.29) is 5.75 Å². The number of aliphatic imine (C=N–C) groups is 1.